The molecule has 0 fully saturated rings. The van der Waals surface area contributed by atoms with Crippen LogP contribution in [0.25, 0.3) is 0 Å². The molecule has 0 heterocycles. The standard InChI is InChI=1S/C44H84O6/c1-5-7-9-11-13-15-17-18-19-21-22-27-31-35-42(45)48-38-41(39-49-43(46)36-32-28-25-24-26-30-34-40(3)4)50-44(47)37-33-29-23-20-16-14-12-10-8-6-2/h40-41H,5-39H2,1-4H3/t41-/m1/s1. The summed E-state index contributed by atoms with van der Waals surface area (Å²) in [6.45, 7) is 8.90. The second-order valence-corrected chi connectivity index (χ2v) is 15.5. The van der Waals surface area contributed by atoms with E-state index in [0.717, 1.165) is 63.7 Å². The minimum absolute atomic E-state index is 0.0648. The molecule has 0 aromatic heterocycles. The van der Waals surface area contributed by atoms with Crippen LogP contribution in [0.3, 0.4) is 0 Å². The van der Waals surface area contributed by atoms with Crippen molar-refractivity contribution in [2.75, 3.05) is 13.2 Å². The van der Waals surface area contributed by atoms with Crippen molar-refractivity contribution in [3.05, 3.63) is 0 Å². The fourth-order valence-electron chi connectivity index (χ4n) is 6.45. The quantitative estimate of drug-likeness (QED) is 0.0359. The van der Waals surface area contributed by atoms with Gasteiger partial charge < -0.3 is 14.2 Å². The summed E-state index contributed by atoms with van der Waals surface area (Å²) in [5.74, 6) is -0.0989. The summed E-state index contributed by atoms with van der Waals surface area (Å²) in [5, 5.41) is 0. The van der Waals surface area contributed by atoms with E-state index in [-0.39, 0.29) is 31.1 Å². The highest BCUT2D eigenvalue weighted by Gasteiger charge is 2.19. The molecule has 0 aromatic rings. The van der Waals surface area contributed by atoms with Crippen LogP contribution in [0.2, 0.25) is 0 Å². The Morgan fingerprint density at radius 2 is 0.660 bits per heavy atom. The minimum Gasteiger partial charge on any atom is -0.462 e. The van der Waals surface area contributed by atoms with Gasteiger partial charge in [0, 0.05) is 19.3 Å². The number of hydrogen-bond donors (Lipinski definition) is 0. The zero-order chi connectivity index (χ0) is 36.8. The largest absolute Gasteiger partial charge is 0.462 e. The summed E-state index contributed by atoms with van der Waals surface area (Å²) in [7, 11) is 0. The third-order valence-corrected chi connectivity index (χ3v) is 9.79. The predicted octanol–water partition coefficient (Wildman–Crippen LogP) is 13.6. The minimum atomic E-state index is -0.758. The van der Waals surface area contributed by atoms with Crippen LogP contribution in [-0.2, 0) is 28.6 Å². The number of carbonyl (C=O) groups excluding carboxylic acids is 3. The lowest BCUT2D eigenvalue weighted by molar-refractivity contribution is -0.167. The molecule has 50 heavy (non-hydrogen) atoms. The highest BCUT2D eigenvalue weighted by atomic mass is 16.6. The van der Waals surface area contributed by atoms with E-state index in [9.17, 15) is 14.4 Å². The summed E-state index contributed by atoms with van der Waals surface area (Å²) in [4.78, 5) is 37.5. The molecular weight excluding hydrogens is 624 g/mol. The van der Waals surface area contributed by atoms with Gasteiger partial charge in [0.1, 0.15) is 13.2 Å². The summed E-state index contributed by atoms with van der Waals surface area (Å²) >= 11 is 0. The first-order chi connectivity index (χ1) is 24.4. The lowest BCUT2D eigenvalue weighted by atomic mass is 10.0. The van der Waals surface area contributed by atoms with Crippen LogP contribution in [-0.4, -0.2) is 37.2 Å². The molecule has 0 saturated carbocycles. The molecule has 296 valence electrons. The molecular formula is C44H84O6. The summed E-state index contributed by atoms with van der Waals surface area (Å²) < 4.78 is 16.7. The molecule has 6 nitrogen and oxygen atoms in total. The lowest BCUT2D eigenvalue weighted by Crippen LogP contribution is -2.30. The van der Waals surface area contributed by atoms with Gasteiger partial charge in [0.25, 0.3) is 0 Å². The molecule has 0 unspecified atom stereocenters. The number of unbranched alkanes of at least 4 members (excludes halogenated alkanes) is 26. The third-order valence-electron chi connectivity index (χ3n) is 9.79. The molecule has 0 rings (SSSR count). The maximum absolute atomic E-state index is 12.6. The van der Waals surface area contributed by atoms with Crippen molar-refractivity contribution in [1.82, 2.24) is 0 Å². The summed E-state index contributed by atoms with van der Waals surface area (Å²) in [6, 6.07) is 0. The average Bonchev–Trinajstić information content (AvgIpc) is 3.09. The van der Waals surface area contributed by atoms with E-state index in [2.05, 4.69) is 27.7 Å². The van der Waals surface area contributed by atoms with E-state index >= 15 is 0 Å². The van der Waals surface area contributed by atoms with Gasteiger partial charge in [-0.25, -0.2) is 0 Å². The van der Waals surface area contributed by atoms with Gasteiger partial charge in [0.2, 0.25) is 0 Å². The third kappa shape index (κ3) is 37.7. The molecule has 0 saturated heterocycles. The monoisotopic (exact) mass is 709 g/mol. The van der Waals surface area contributed by atoms with Crippen molar-refractivity contribution in [3.63, 3.8) is 0 Å². The molecule has 0 aliphatic heterocycles. The van der Waals surface area contributed by atoms with Crippen LogP contribution < -0.4 is 0 Å². The highest BCUT2D eigenvalue weighted by molar-refractivity contribution is 5.71. The van der Waals surface area contributed by atoms with Crippen LogP contribution >= 0.6 is 0 Å². The molecule has 0 N–H and O–H groups in total. The first-order valence-electron chi connectivity index (χ1n) is 21.9. The molecule has 0 bridgehead atoms. The second kappa shape index (κ2) is 38.6. The molecule has 0 spiro atoms. The van der Waals surface area contributed by atoms with E-state index in [1.807, 2.05) is 0 Å². The maximum Gasteiger partial charge on any atom is 0.306 e. The normalized spacial score (nSPS) is 11.9. The number of carbonyl (C=O) groups is 3. The fraction of sp³-hybridized carbons (Fsp3) is 0.932. The fourth-order valence-corrected chi connectivity index (χ4v) is 6.45. The first-order valence-corrected chi connectivity index (χ1v) is 21.9. The van der Waals surface area contributed by atoms with Crippen LogP contribution in [0, 0.1) is 5.92 Å². The van der Waals surface area contributed by atoms with Gasteiger partial charge >= 0.3 is 17.9 Å². The SMILES string of the molecule is CCCCCCCCCCCCCCCC(=O)OC[C@H](COC(=O)CCCCCCCCC(C)C)OC(=O)CCCCCCCCCCCC. The van der Waals surface area contributed by atoms with Crippen molar-refractivity contribution in [3.8, 4) is 0 Å². The number of hydrogen-bond acceptors (Lipinski definition) is 6. The van der Waals surface area contributed by atoms with E-state index < -0.39 is 6.10 Å². The Labute approximate surface area is 310 Å². The molecule has 0 aromatic carbocycles. The molecule has 0 amide bonds. The van der Waals surface area contributed by atoms with Gasteiger partial charge in [-0.3, -0.25) is 14.4 Å². The molecule has 0 aliphatic carbocycles. The topological polar surface area (TPSA) is 78.9 Å². The number of esters is 3. The highest BCUT2D eigenvalue weighted by Crippen LogP contribution is 2.15. The molecule has 6 heteroatoms. The zero-order valence-electron chi connectivity index (χ0n) is 33.9. The van der Waals surface area contributed by atoms with Crippen molar-refractivity contribution in [1.29, 1.82) is 0 Å². The lowest BCUT2D eigenvalue weighted by Gasteiger charge is -2.18. The van der Waals surface area contributed by atoms with Crippen LogP contribution in [0.1, 0.15) is 240 Å². The Bertz CT molecular complexity index is 751. The van der Waals surface area contributed by atoms with Crippen LogP contribution in [0.4, 0.5) is 0 Å². The Hall–Kier alpha value is -1.59. The summed E-state index contributed by atoms with van der Waals surface area (Å²) in [5.41, 5.74) is 0. The Morgan fingerprint density at radius 1 is 0.380 bits per heavy atom. The Morgan fingerprint density at radius 3 is 0.980 bits per heavy atom. The first kappa shape index (κ1) is 48.4. The predicted molar refractivity (Wildman–Crippen MR) is 210 cm³/mol. The van der Waals surface area contributed by atoms with Crippen molar-refractivity contribution in [2.45, 2.75) is 246 Å². The number of ether oxygens (including phenoxy) is 3. The van der Waals surface area contributed by atoms with E-state index in [1.165, 1.54) is 135 Å². The van der Waals surface area contributed by atoms with Crippen LogP contribution in [0.15, 0.2) is 0 Å². The van der Waals surface area contributed by atoms with Gasteiger partial charge in [-0.2, -0.15) is 0 Å². The molecule has 0 aliphatic rings. The average molecular weight is 709 g/mol. The maximum atomic E-state index is 12.6. The van der Waals surface area contributed by atoms with Gasteiger partial charge in [0.15, 0.2) is 6.10 Å². The van der Waals surface area contributed by atoms with Gasteiger partial charge in [0.05, 0.1) is 0 Å². The Kier molecular flexibility index (Phi) is 37.4. The smallest absolute Gasteiger partial charge is 0.306 e. The van der Waals surface area contributed by atoms with Crippen molar-refractivity contribution >= 4 is 17.9 Å². The Balaban J connectivity index is 4.31. The molecule has 1 atom stereocenters. The zero-order valence-corrected chi connectivity index (χ0v) is 33.9. The van der Waals surface area contributed by atoms with E-state index in [0.29, 0.717) is 19.3 Å². The van der Waals surface area contributed by atoms with Crippen molar-refractivity contribution in [2.24, 2.45) is 5.92 Å². The van der Waals surface area contributed by atoms with Gasteiger partial charge in [-0.15, -0.1) is 0 Å². The van der Waals surface area contributed by atoms with Gasteiger partial charge in [-0.05, 0) is 25.2 Å². The molecule has 0 radical (unpaired) electrons. The van der Waals surface area contributed by atoms with Gasteiger partial charge in [-0.1, -0.05) is 201 Å². The van der Waals surface area contributed by atoms with Crippen molar-refractivity contribution < 1.29 is 28.6 Å². The number of rotatable bonds is 39. The summed E-state index contributed by atoms with van der Waals surface area (Å²) in [6.07, 6.45) is 36.7. The second-order valence-electron chi connectivity index (χ2n) is 15.5. The van der Waals surface area contributed by atoms with E-state index in [1.54, 1.807) is 0 Å². The van der Waals surface area contributed by atoms with E-state index in [4.69, 9.17) is 14.2 Å². The van der Waals surface area contributed by atoms with Crippen LogP contribution in [0.5, 0.6) is 0 Å².